The average molecular weight is 437 g/mol. The first kappa shape index (κ1) is 20.1. The number of nitro groups is 1. The van der Waals surface area contributed by atoms with Crippen LogP contribution >= 0.6 is 24.0 Å². The zero-order valence-corrected chi connectivity index (χ0v) is 17.8. The first-order chi connectivity index (χ1) is 14.3. The second kappa shape index (κ2) is 7.89. The van der Waals surface area contributed by atoms with Crippen LogP contribution in [0.2, 0.25) is 0 Å². The van der Waals surface area contributed by atoms with E-state index in [9.17, 15) is 14.9 Å². The number of thiocarbonyl (C=S) groups is 1. The highest BCUT2D eigenvalue weighted by Gasteiger charge is 2.35. The van der Waals surface area contributed by atoms with Crippen molar-refractivity contribution in [2.45, 2.75) is 13.8 Å². The smallest absolute Gasteiger partial charge is 0.270 e. The molecule has 0 unspecified atom stereocenters. The van der Waals surface area contributed by atoms with Crippen molar-refractivity contribution < 1.29 is 14.1 Å². The molecular formula is C22H16N2O4S2. The summed E-state index contributed by atoms with van der Waals surface area (Å²) in [6.45, 7) is 3.90. The number of furan rings is 1. The molecule has 2 aromatic carbocycles. The van der Waals surface area contributed by atoms with Crippen LogP contribution < -0.4 is 4.90 Å². The summed E-state index contributed by atoms with van der Waals surface area (Å²) in [6, 6.07) is 15.5. The topological polar surface area (TPSA) is 76.6 Å². The number of nitro benzene ring substituents is 1. The summed E-state index contributed by atoms with van der Waals surface area (Å²) >= 11 is 6.70. The second-order valence-electron chi connectivity index (χ2n) is 6.76. The third kappa shape index (κ3) is 3.67. The molecule has 0 atom stereocenters. The van der Waals surface area contributed by atoms with Crippen LogP contribution in [0.3, 0.4) is 0 Å². The van der Waals surface area contributed by atoms with Crippen molar-refractivity contribution in [1.29, 1.82) is 0 Å². The quantitative estimate of drug-likeness (QED) is 0.220. The van der Waals surface area contributed by atoms with Gasteiger partial charge in [-0.3, -0.25) is 19.8 Å². The number of nitrogens with zero attached hydrogens (tertiary/aromatic N) is 2. The van der Waals surface area contributed by atoms with Crippen molar-refractivity contribution in [3.8, 4) is 11.3 Å². The van der Waals surface area contributed by atoms with Gasteiger partial charge in [0.1, 0.15) is 11.5 Å². The molecule has 0 aliphatic carbocycles. The predicted molar refractivity (Wildman–Crippen MR) is 122 cm³/mol. The molecule has 2 heterocycles. The molecule has 0 spiro atoms. The second-order valence-corrected chi connectivity index (χ2v) is 8.44. The Balaban J connectivity index is 1.61. The monoisotopic (exact) mass is 436 g/mol. The fraction of sp³-hybridized carbons (Fsp3) is 0.0909. The predicted octanol–water partition coefficient (Wildman–Crippen LogP) is 5.88. The molecule has 1 amide bonds. The van der Waals surface area contributed by atoms with Crippen LogP contribution in [-0.4, -0.2) is 15.2 Å². The molecule has 0 radical (unpaired) electrons. The summed E-state index contributed by atoms with van der Waals surface area (Å²) in [5.74, 6) is 0.877. The lowest BCUT2D eigenvalue weighted by atomic mass is 10.1. The van der Waals surface area contributed by atoms with Crippen molar-refractivity contribution >= 4 is 51.7 Å². The van der Waals surface area contributed by atoms with Gasteiger partial charge in [0.05, 0.1) is 15.5 Å². The molecule has 3 aromatic rings. The number of carbonyl (C=O) groups excluding carboxylic acids is 1. The van der Waals surface area contributed by atoms with Gasteiger partial charge in [-0.1, -0.05) is 42.2 Å². The van der Waals surface area contributed by atoms with Gasteiger partial charge in [0, 0.05) is 23.8 Å². The molecular weight excluding hydrogens is 420 g/mol. The summed E-state index contributed by atoms with van der Waals surface area (Å²) in [6.07, 6.45) is 1.67. The maximum Gasteiger partial charge on any atom is 0.270 e. The minimum atomic E-state index is -0.449. The van der Waals surface area contributed by atoms with Gasteiger partial charge in [0.25, 0.3) is 11.6 Å². The SMILES string of the molecule is Cc1cccc(C)c1N1C(=O)/C(=C\c2ccc(-c3ccc([N+](=O)[O-])cc3)o2)SC1=S. The average Bonchev–Trinajstić information content (AvgIpc) is 3.28. The number of hydrogen-bond donors (Lipinski definition) is 0. The summed E-state index contributed by atoms with van der Waals surface area (Å²) in [5.41, 5.74) is 3.50. The van der Waals surface area contributed by atoms with Crippen molar-refractivity contribution in [2.75, 3.05) is 4.90 Å². The van der Waals surface area contributed by atoms with E-state index >= 15 is 0 Å². The molecule has 6 nitrogen and oxygen atoms in total. The third-order valence-electron chi connectivity index (χ3n) is 4.72. The van der Waals surface area contributed by atoms with Gasteiger partial charge < -0.3 is 4.42 Å². The lowest BCUT2D eigenvalue weighted by Crippen LogP contribution is -2.29. The number of thioether (sulfide) groups is 1. The Bertz CT molecular complexity index is 1190. The molecule has 1 aliphatic rings. The highest BCUT2D eigenvalue weighted by atomic mass is 32.2. The lowest BCUT2D eigenvalue weighted by molar-refractivity contribution is -0.384. The minimum absolute atomic E-state index is 0.0145. The van der Waals surface area contributed by atoms with E-state index in [1.807, 2.05) is 32.0 Å². The van der Waals surface area contributed by atoms with Crippen LogP contribution in [0, 0.1) is 24.0 Å². The molecule has 0 saturated carbocycles. The number of carbonyl (C=O) groups is 1. The Hall–Kier alpha value is -3.23. The van der Waals surface area contributed by atoms with Crippen LogP contribution in [0.5, 0.6) is 0 Å². The van der Waals surface area contributed by atoms with E-state index in [1.54, 1.807) is 35.2 Å². The maximum absolute atomic E-state index is 13.0. The maximum atomic E-state index is 13.0. The Labute approximate surface area is 182 Å². The fourth-order valence-electron chi connectivity index (χ4n) is 3.28. The van der Waals surface area contributed by atoms with Crippen LogP contribution in [0.4, 0.5) is 11.4 Å². The number of anilines is 1. The van der Waals surface area contributed by atoms with Gasteiger partial charge in [-0.15, -0.1) is 0 Å². The number of aryl methyl sites for hydroxylation is 2. The van der Waals surface area contributed by atoms with Crippen LogP contribution in [0.25, 0.3) is 17.4 Å². The first-order valence-electron chi connectivity index (χ1n) is 9.04. The summed E-state index contributed by atoms with van der Waals surface area (Å²) in [5, 5.41) is 10.8. The Kier molecular flexibility index (Phi) is 5.27. The number of non-ortho nitro benzene ring substituents is 1. The van der Waals surface area contributed by atoms with Gasteiger partial charge in [0.15, 0.2) is 4.32 Å². The number of hydrogen-bond acceptors (Lipinski definition) is 6. The molecule has 1 aliphatic heterocycles. The first-order valence-corrected chi connectivity index (χ1v) is 10.3. The van der Waals surface area contributed by atoms with Gasteiger partial charge in [-0.2, -0.15) is 0 Å². The molecule has 1 aromatic heterocycles. The third-order valence-corrected chi connectivity index (χ3v) is 6.02. The minimum Gasteiger partial charge on any atom is -0.457 e. The Morgan fingerprint density at radius 1 is 1.07 bits per heavy atom. The molecule has 1 saturated heterocycles. The van der Waals surface area contributed by atoms with E-state index in [-0.39, 0.29) is 11.6 Å². The normalized spacial score (nSPS) is 15.3. The number of rotatable bonds is 4. The molecule has 0 bridgehead atoms. The standard InChI is InChI=1S/C22H16N2O4S2/c1-13-4-3-5-14(2)20(13)23-21(25)19(30-22(23)29)12-17-10-11-18(28-17)15-6-8-16(9-7-15)24(26)27/h3-12H,1-2H3/b19-12+. The van der Waals surface area contributed by atoms with E-state index in [0.29, 0.717) is 26.3 Å². The van der Waals surface area contributed by atoms with Crippen molar-refractivity contribution in [3.05, 3.63) is 86.5 Å². The molecule has 30 heavy (non-hydrogen) atoms. The van der Waals surface area contributed by atoms with E-state index in [4.69, 9.17) is 16.6 Å². The molecule has 0 N–H and O–H groups in total. The van der Waals surface area contributed by atoms with Gasteiger partial charge in [-0.25, -0.2) is 0 Å². The van der Waals surface area contributed by atoms with E-state index in [1.165, 1.54) is 23.9 Å². The highest BCUT2D eigenvalue weighted by molar-refractivity contribution is 8.27. The van der Waals surface area contributed by atoms with Gasteiger partial charge in [0.2, 0.25) is 0 Å². The van der Waals surface area contributed by atoms with Crippen LogP contribution in [-0.2, 0) is 4.79 Å². The van der Waals surface area contributed by atoms with Crippen molar-refractivity contribution in [3.63, 3.8) is 0 Å². The largest absolute Gasteiger partial charge is 0.457 e. The van der Waals surface area contributed by atoms with Gasteiger partial charge >= 0.3 is 0 Å². The van der Waals surface area contributed by atoms with E-state index in [2.05, 4.69) is 0 Å². The molecule has 150 valence electrons. The van der Waals surface area contributed by atoms with Gasteiger partial charge in [-0.05, 0) is 49.2 Å². The zero-order chi connectivity index (χ0) is 21.4. The number of amides is 1. The van der Waals surface area contributed by atoms with Crippen LogP contribution in [0.1, 0.15) is 16.9 Å². The van der Waals surface area contributed by atoms with Crippen LogP contribution in [0.15, 0.2) is 63.9 Å². The summed E-state index contributed by atoms with van der Waals surface area (Å²) < 4.78 is 6.31. The Morgan fingerprint density at radius 2 is 1.73 bits per heavy atom. The highest BCUT2D eigenvalue weighted by Crippen LogP contribution is 2.39. The number of para-hydroxylation sites is 1. The molecule has 4 rings (SSSR count). The zero-order valence-electron chi connectivity index (χ0n) is 16.1. The number of benzene rings is 2. The van der Waals surface area contributed by atoms with E-state index in [0.717, 1.165) is 16.8 Å². The van der Waals surface area contributed by atoms with Crippen molar-refractivity contribution in [1.82, 2.24) is 0 Å². The van der Waals surface area contributed by atoms with Crippen molar-refractivity contribution in [2.24, 2.45) is 0 Å². The fourth-order valence-corrected chi connectivity index (χ4v) is 4.53. The Morgan fingerprint density at radius 3 is 2.37 bits per heavy atom. The lowest BCUT2D eigenvalue weighted by Gasteiger charge is -2.19. The molecule has 1 fully saturated rings. The summed E-state index contributed by atoms with van der Waals surface area (Å²) in [4.78, 5) is 25.4. The van der Waals surface area contributed by atoms with E-state index < -0.39 is 4.92 Å². The summed E-state index contributed by atoms with van der Waals surface area (Å²) in [7, 11) is 0. The molecule has 8 heteroatoms.